The Balaban J connectivity index is 1.32. The zero-order valence-electron chi connectivity index (χ0n) is 21.5. The van der Waals surface area contributed by atoms with E-state index in [9.17, 15) is 27.2 Å². The largest absolute Gasteiger partial charge is 0.416 e. The number of piperazine rings is 1. The van der Waals surface area contributed by atoms with E-state index in [0.29, 0.717) is 57.1 Å². The minimum atomic E-state index is -4.43. The molecule has 3 aromatic rings. The van der Waals surface area contributed by atoms with Gasteiger partial charge in [-0.1, -0.05) is 30.3 Å². The maximum Gasteiger partial charge on any atom is 0.416 e. The van der Waals surface area contributed by atoms with Gasteiger partial charge in [-0.25, -0.2) is 9.18 Å². The zero-order valence-corrected chi connectivity index (χ0v) is 21.5. The highest BCUT2D eigenvalue weighted by atomic mass is 19.4. The monoisotopic (exact) mass is 542 g/mol. The second-order valence-corrected chi connectivity index (χ2v) is 9.50. The molecule has 0 spiro atoms. The highest BCUT2D eigenvalue weighted by Gasteiger charge is 2.30. The number of nitrogens with one attached hydrogen (secondary N) is 1. The van der Waals surface area contributed by atoms with Crippen LogP contribution in [0.15, 0.2) is 72.8 Å². The Labute approximate surface area is 224 Å². The predicted molar refractivity (Wildman–Crippen MR) is 141 cm³/mol. The molecule has 0 unspecified atom stereocenters. The minimum absolute atomic E-state index is 0.105. The molecule has 0 radical (unpaired) electrons. The molecule has 10 heteroatoms. The van der Waals surface area contributed by atoms with Crippen molar-refractivity contribution in [2.75, 3.05) is 44.6 Å². The molecule has 206 valence electrons. The molecule has 0 saturated carbocycles. The van der Waals surface area contributed by atoms with Crippen LogP contribution in [0.3, 0.4) is 0 Å². The van der Waals surface area contributed by atoms with Gasteiger partial charge in [0.05, 0.1) is 5.56 Å². The van der Waals surface area contributed by atoms with Gasteiger partial charge in [-0.2, -0.15) is 13.2 Å². The Morgan fingerprint density at radius 1 is 0.897 bits per heavy atom. The van der Waals surface area contributed by atoms with Crippen molar-refractivity contribution in [3.8, 4) is 0 Å². The van der Waals surface area contributed by atoms with E-state index >= 15 is 0 Å². The van der Waals surface area contributed by atoms with Crippen molar-refractivity contribution in [2.24, 2.45) is 0 Å². The van der Waals surface area contributed by atoms with Crippen molar-refractivity contribution in [1.29, 1.82) is 0 Å². The fraction of sp³-hybridized carbons (Fsp3) is 0.310. The van der Waals surface area contributed by atoms with E-state index < -0.39 is 11.7 Å². The van der Waals surface area contributed by atoms with Crippen LogP contribution in [0.2, 0.25) is 0 Å². The van der Waals surface area contributed by atoms with E-state index in [-0.39, 0.29) is 17.8 Å². The molecule has 1 N–H and O–H groups in total. The van der Waals surface area contributed by atoms with E-state index in [1.165, 1.54) is 24.3 Å². The van der Waals surface area contributed by atoms with Gasteiger partial charge in [0, 0.05) is 57.1 Å². The van der Waals surface area contributed by atoms with Gasteiger partial charge in [0.25, 0.3) is 5.91 Å². The number of aryl methyl sites for hydroxylation is 1. The van der Waals surface area contributed by atoms with Gasteiger partial charge in [0.2, 0.25) is 0 Å². The van der Waals surface area contributed by atoms with Crippen molar-refractivity contribution >= 4 is 17.6 Å². The van der Waals surface area contributed by atoms with Crippen LogP contribution in [0.1, 0.15) is 27.0 Å². The Morgan fingerprint density at radius 2 is 1.54 bits per heavy atom. The normalized spacial score (nSPS) is 14.2. The number of halogens is 4. The molecule has 1 saturated heterocycles. The van der Waals surface area contributed by atoms with Crippen LogP contribution in [-0.4, -0.2) is 65.9 Å². The van der Waals surface area contributed by atoms with E-state index in [4.69, 9.17) is 0 Å². The molecule has 4 rings (SSSR count). The van der Waals surface area contributed by atoms with Crippen molar-refractivity contribution in [3.63, 3.8) is 0 Å². The standard InChI is InChI=1S/C29H30F4N4O2/c1-21-4-2-3-5-26(21)27(38)37(20-22-6-10-24(30)11-7-22)19-16-35-14-17-36(18-15-35)28(39)34-25-12-8-23(9-13-25)29(31,32)33/h2-13H,14-20H2,1H3,(H,34,39). The summed E-state index contributed by atoms with van der Waals surface area (Å²) in [5.41, 5.74) is 1.83. The Kier molecular flexibility index (Phi) is 8.86. The van der Waals surface area contributed by atoms with Crippen LogP contribution in [0.4, 0.5) is 28.0 Å². The molecule has 0 aromatic heterocycles. The summed E-state index contributed by atoms with van der Waals surface area (Å²) in [6, 6.07) is 17.4. The number of alkyl halides is 3. The second kappa shape index (κ2) is 12.3. The molecule has 0 atom stereocenters. The highest BCUT2D eigenvalue weighted by Crippen LogP contribution is 2.29. The van der Waals surface area contributed by atoms with Gasteiger partial charge >= 0.3 is 12.2 Å². The Morgan fingerprint density at radius 3 is 2.15 bits per heavy atom. The lowest BCUT2D eigenvalue weighted by atomic mass is 10.1. The van der Waals surface area contributed by atoms with Gasteiger partial charge in [0.15, 0.2) is 0 Å². The number of benzene rings is 3. The maximum absolute atomic E-state index is 13.4. The molecule has 0 aliphatic carbocycles. The van der Waals surface area contributed by atoms with E-state index in [2.05, 4.69) is 10.2 Å². The summed E-state index contributed by atoms with van der Waals surface area (Å²) in [7, 11) is 0. The molecular formula is C29H30F4N4O2. The van der Waals surface area contributed by atoms with Gasteiger partial charge in [0.1, 0.15) is 5.82 Å². The Bertz CT molecular complexity index is 1270. The lowest BCUT2D eigenvalue weighted by Gasteiger charge is -2.36. The molecule has 6 nitrogen and oxygen atoms in total. The van der Waals surface area contributed by atoms with Crippen molar-refractivity contribution < 1.29 is 27.2 Å². The van der Waals surface area contributed by atoms with Crippen LogP contribution in [0.5, 0.6) is 0 Å². The van der Waals surface area contributed by atoms with Crippen LogP contribution < -0.4 is 5.32 Å². The third kappa shape index (κ3) is 7.57. The summed E-state index contributed by atoms with van der Waals surface area (Å²) in [6.07, 6.45) is -4.43. The van der Waals surface area contributed by atoms with E-state index in [1.54, 1.807) is 28.0 Å². The first-order chi connectivity index (χ1) is 18.6. The SMILES string of the molecule is Cc1ccccc1C(=O)N(CCN1CCN(C(=O)Nc2ccc(C(F)(F)F)cc2)CC1)Cc1ccc(F)cc1. The van der Waals surface area contributed by atoms with Crippen molar-refractivity contribution in [3.05, 3.63) is 101 Å². The lowest BCUT2D eigenvalue weighted by molar-refractivity contribution is -0.137. The van der Waals surface area contributed by atoms with Crippen LogP contribution in [0, 0.1) is 12.7 Å². The number of nitrogens with zero attached hydrogens (tertiary/aromatic N) is 3. The van der Waals surface area contributed by atoms with Gasteiger partial charge in [-0.15, -0.1) is 0 Å². The van der Waals surface area contributed by atoms with Crippen LogP contribution in [-0.2, 0) is 12.7 Å². The number of hydrogen-bond donors (Lipinski definition) is 1. The molecule has 1 heterocycles. The average molecular weight is 543 g/mol. The number of urea groups is 1. The highest BCUT2D eigenvalue weighted by molar-refractivity contribution is 5.95. The number of hydrogen-bond acceptors (Lipinski definition) is 3. The first-order valence-corrected chi connectivity index (χ1v) is 12.6. The molecule has 3 amide bonds. The molecule has 1 fully saturated rings. The quantitative estimate of drug-likeness (QED) is 0.393. The first-order valence-electron chi connectivity index (χ1n) is 12.6. The van der Waals surface area contributed by atoms with Crippen molar-refractivity contribution in [2.45, 2.75) is 19.6 Å². The minimum Gasteiger partial charge on any atom is -0.333 e. The van der Waals surface area contributed by atoms with E-state index in [1.807, 2.05) is 25.1 Å². The average Bonchev–Trinajstić information content (AvgIpc) is 2.92. The second-order valence-electron chi connectivity index (χ2n) is 9.50. The maximum atomic E-state index is 13.4. The lowest BCUT2D eigenvalue weighted by Crippen LogP contribution is -2.51. The van der Waals surface area contributed by atoms with Gasteiger partial charge in [-0.3, -0.25) is 9.69 Å². The summed E-state index contributed by atoms with van der Waals surface area (Å²) in [5, 5.41) is 2.65. The van der Waals surface area contributed by atoms with Gasteiger partial charge < -0.3 is 15.1 Å². The molecule has 3 aromatic carbocycles. The number of anilines is 1. The van der Waals surface area contributed by atoms with Crippen LogP contribution >= 0.6 is 0 Å². The molecule has 0 bridgehead atoms. The zero-order chi connectivity index (χ0) is 28.0. The molecule has 1 aliphatic rings. The first kappa shape index (κ1) is 28.1. The number of rotatable bonds is 7. The predicted octanol–water partition coefficient (Wildman–Crippen LogP) is 5.65. The summed E-state index contributed by atoms with van der Waals surface area (Å²) < 4.78 is 51.7. The van der Waals surface area contributed by atoms with Crippen LogP contribution in [0.25, 0.3) is 0 Å². The molecule has 39 heavy (non-hydrogen) atoms. The van der Waals surface area contributed by atoms with Crippen molar-refractivity contribution in [1.82, 2.24) is 14.7 Å². The van der Waals surface area contributed by atoms with Gasteiger partial charge in [-0.05, 0) is 60.5 Å². The fourth-order valence-electron chi connectivity index (χ4n) is 4.43. The summed E-state index contributed by atoms with van der Waals surface area (Å²) in [6.45, 7) is 5.32. The topological polar surface area (TPSA) is 55.9 Å². The fourth-order valence-corrected chi connectivity index (χ4v) is 4.43. The Hall–Kier alpha value is -3.92. The van der Waals surface area contributed by atoms with E-state index in [0.717, 1.165) is 23.3 Å². The third-order valence-corrected chi connectivity index (χ3v) is 6.76. The summed E-state index contributed by atoms with van der Waals surface area (Å²) in [4.78, 5) is 31.6. The number of carbonyl (C=O) groups excluding carboxylic acids is 2. The number of amides is 3. The summed E-state index contributed by atoms with van der Waals surface area (Å²) >= 11 is 0. The number of carbonyl (C=O) groups is 2. The summed E-state index contributed by atoms with van der Waals surface area (Å²) in [5.74, 6) is -0.442. The third-order valence-electron chi connectivity index (χ3n) is 6.76. The molecular weight excluding hydrogens is 512 g/mol. The molecule has 1 aliphatic heterocycles. The smallest absolute Gasteiger partial charge is 0.333 e.